The minimum atomic E-state index is -3.77. The van der Waals surface area contributed by atoms with Crippen molar-refractivity contribution in [2.45, 2.75) is 23.6 Å². The SMILES string of the molecule is CC(Cl)CCN(C)S(=O)(=O)c1ccccc1F. The van der Waals surface area contributed by atoms with Crippen molar-refractivity contribution in [2.75, 3.05) is 13.6 Å². The summed E-state index contributed by atoms with van der Waals surface area (Å²) in [6.45, 7) is 2.05. The molecule has 1 aromatic rings. The molecular weight excluding hydrogens is 265 g/mol. The summed E-state index contributed by atoms with van der Waals surface area (Å²) in [5, 5.41) is -0.117. The molecule has 1 aromatic carbocycles. The van der Waals surface area contributed by atoms with Gasteiger partial charge in [-0.2, -0.15) is 0 Å². The normalized spacial score (nSPS) is 13.9. The van der Waals surface area contributed by atoms with Gasteiger partial charge in [0.15, 0.2) is 0 Å². The average Bonchev–Trinajstić information content (AvgIpc) is 2.26. The number of hydrogen-bond acceptors (Lipinski definition) is 2. The molecule has 0 N–H and O–H groups in total. The van der Waals surface area contributed by atoms with Gasteiger partial charge in [0, 0.05) is 19.0 Å². The van der Waals surface area contributed by atoms with E-state index in [1.807, 2.05) is 0 Å². The molecule has 0 heterocycles. The number of alkyl halides is 1. The maximum absolute atomic E-state index is 13.4. The predicted octanol–water partition coefficient (Wildman–Crippen LogP) is 2.46. The third-order valence-corrected chi connectivity index (χ3v) is 4.47. The fourth-order valence-electron chi connectivity index (χ4n) is 1.30. The van der Waals surface area contributed by atoms with Gasteiger partial charge in [-0.15, -0.1) is 11.6 Å². The Morgan fingerprint density at radius 1 is 1.41 bits per heavy atom. The van der Waals surface area contributed by atoms with Crippen molar-refractivity contribution in [3.63, 3.8) is 0 Å². The van der Waals surface area contributed by atoms with Crippen molar-refractivity contribution in [2.24, 2.45) is 0 Å². The molecule has 0 amide bonds. The first kappa shape index (κ1) is 14.4. The lowest BCUT2D eigenvalue weighted by Crippen LogP contribution is -2.29. The number of hydrogen-bond donors (Lipinski definition) is 0. The third kappa shape index (κ3) is 3.66. The Labute approximate surface area is 106 Å². The highest BCUT2D eigenvalue weighted by molar-refractivity contribution is 7.89. The number of rotatable bonds is 5. The molecule has 17 heavy (non-hydrogen) atoms. The Morgan fingerprint density at radius 2 is 2.00 bits per heavy atom. The lowest BCUT2D eigenvalue weighted by atomic mass is 10.3. The third-order valence-electron chi connectivity index (χ3n) is 2.37. The van der Waals surface area contributed by atoms with Crippen LogP contribution in [0.15, 0.2) is 29.2 Å². The molecule has 1 rings (SSSR count). The lowest BCUT2D eigenvalue weighted by Gasteiger charge is -2.18. The minimum Gasteiger partial charge on any atom is -0.207 e. The predicted molar refractivity (Wildman–Crippen MR) is 66.1 cm³/mol. The van der Waals surface area contributed by atoms with Crippen LogP contribution in [0.1, 0.15) is 13.3 Å². The van der Waals surface area contributed by atoms with Crippen LogP contribution in [0.25, 0.3) is 0 Å². The molecule has 0 spiro atoms. The van der Waals surface area contributed by atoms with E-state index in [0.717, 1.165) is 10.4 Å². The maximum Gasteiger partial charge on any atom is 0.245 e. The quantitative estimate of drug-likeness (QED) is 0.777. The summed E-state index contributed by atoms with van der Waals surface area (Å²) in [5.74, 6) is -0.738. The molecule has 0 aliphatic rings. The van der Waals surface area contributed by atoms with Gasteiger partial charge < -0.3 is 0 Å². The molecule has 96 valence electrons. The molecule has 6 heteroatoms. The summed E-state index contributed by atoms with van der Waals surface area (Å²) in [7, 11) is -2.35. The topological polar surface area (TPSA) is 37.4 Å². The van der Waals surface area contributed by atoms with Gasteiger partial charge in [-0.1, -0.05) is 12.1 Å². The van der Waals surface area contributed by atoms with E-state index < -0.39 is 15.8 Å². The van der Waals surface area contributed by atoms with Gasteiger partial charge in [-0.05, 0) is 25.5 Å². The first-order valence-corrected chi connectivity index (χ1v) is 7.08. The van der Waals surface area contributed by atoms with Gasteiger partial charge in [-0.3, -0.25) is 0 Å². The lowest BCUT2D eigenvalue weighted by molar-refractivity contribution is 0.454. The van der Waals surface area contributed by atoms with Crippen molar-refractivity contribution < 1.29 is 12.8 Å². The zero-order valence-electron chi connectivity index (χ0n) is 9.73. The molecule has 0 aromatic heterocycles. The Kier molecular flexibility index (Phi) is 4.91. The van der Waals surface area contributed by atoms with Crippen LogP contribution in [-0.2, 0) is 10.0 Å². The van der Waals surface area contributed by atoms with Crippen molar-refractivity contribution in [3.05, 3.63) is 30.1 Å². The summed E-state index contributed by atoms with van der Waals surface area (Å²) in [4.78, 5) is -0.301. The monoisotopic (exact) mass is 279 g/mol. The molecule has 0 fully saturated rings. The van der Waals surface area contributed by atoms with Crippen molar-refractivity contribution in [1.82, 2.24) is 4.31 Å². The summed E-state index contributed by atoms with van der Waals surface area (Å²) in [6, 6.07) is 5.33. The highest BCUT2D eigenvalue weighted by Gasteiger charge is 2.23. The Morgan fingerprint density at radius 3 is 2.53 bits per heavy atom. The van der Waals surface area contributed by atoms with E-state index in [1.165, 1.54) is 25.2 Å². The second-order valence-electron chi connectivity index (χ2n) is 3.83. The highest BCUT2D eigenvalue weighted by atomic mass is 35.5. The maximum atomic E-state index is 13.4. The van der Waals surface area contributed by atoms with Crippen molar-refractivity contribution in [3.8, 4) is 0 Å². The van der Waals surface area contributed by atoms with E-state index in [2.05, 4.69) is 0 Å². The second kappa shape index (κ2) is 5.80. The van der Waals surface area contributed by atoms with Crippen LogP contribution in [0, 0.1) is 5.82 Å². The van der Waals surface area contributed by atoms with Crippen LogP contribution in [0.5, 0.6) is 0 Å². The van der Waals surface area contributed by atoms with Crippen LogP contribution in [0.2, 0.25) is 0 Å². The average molecular weight is 280 g/mol. The smallest absolute Gasteiger partial charge is 0.207 e. The molecule has 0 aliphatic heterocycles. The van der Waals surface area contributed by atoms with Gasteiger partial charge in [-0.25, -0.2) is 17.1 Å². The first-order chi connectivity index (χ1) is 7.85. The second-order valence-corrected chi connectivity index (χ2v) is 6.58. The fraction of sp³-hybridized carbons (Fsp3) is 0.455. The number of halogens is 2. The minimum absolute atomic E-state index is 0.117. The largest absolute Gasteiger partial charge is 0.245 e. The van der Waals surface area contributed by atoms with E-state index in [4.69, 9.17) is 11.6 Å². The summed E-state index contributed by atoms with van der Waals surface area (Å²) >= 11 is 5.75. The summed E-state index contributed by atoms with van der Waals surface area (Å²) in [6.07, 6.45) is 0.520. The first-order valence-electron chi connectivity index (χ1n) is 5.20. The molecule has 0 radical (unpaired) electrons. The Balaban J connectivity index is 2.92. The number of nitrogens with zero attached hydrogens (tertiary/aromatic N) is 1. The van der Waals surface area contributed by atoms with Gasteiger partial charge in [0.05, 0.1) is 0 Å². The standard InChI is InChI=1S/C11H15ClFNO2S/c1-9(12)7-8-14(2)17(15,16)11-6-4-3-5-10(11)13/h3-6,9H,7-8H2,1-2H3. The van der Waals surface area contributed by atoms with Crippen LogP contribution in [0.4, 0.5) is 4.39 Å². The van der Waals surface area contributed by atoms with Gasteiger partial charge in [0.1, 0.15) is 10.7 Å². The van der Waals surface area contributed by atoms with E-state index in [9.17, 15) is 12.8 Å². The van der Waals surface area contributed by atoms with E-state index in [0.29, 0.717) is 6.42 Å². The highest BCUT2D eigenvalue weighted by Crippen LogP contribution is 2.18. The zero-order chi connectivity index (χ0) is 13.1. The Hall–Kier alpha value is -0.650. The van der Waals surface area contributed by atoms with E-state index in [-0.39, 0.29) is 16.8 Å². The molecule has 3 nitrogen and oxygen atoms in total. The molecular formula is C11H15ClFNO2S. The molecule has 0 saturated heterocycles. The molecule has 0 bridgehead atoms. The van der Waals surface area contributed by atoms with Gasteiger partial charge in [0.25, 0.3) is 0 Å². The van der Waals surface area contributed by atoms with Gasteiger partial charge in [0.2, 0.25) is 10.0 Å². The van der Waals surface area contributed by atoms with Crippen molar-refractivity contribution in [1.29, 1.82) is 0 Å². The van der Waals surface area contributed by atoms with E-state index >= 15 is 0 Å². The molecule has 0 aliphatic carbocycles. The summed E-state index contributed by atoms with van der Waals surface area (Å²) in [5.41, 5.74) is 0. The molecule has 0 saturated carbocycles. The van der Waals surface area contributed by atoms with Gasteiger partial charge >= 0.3 is 0 Å². The van der Waals surface area contributed by atoms with Crippen LogP contribution >= 0.6 is 11.6 Å². The molecule has 1 atom stereocenters. The molecule has 1 unspecified atom stereocenters. The van der Waals surface area contributed by atoms with Crippen LogP contribution in [-0.4, -0.2) is 31.7 Å². The zero-order valence-corrected chi connectivity index (χ0v) is 11.3. The fourth-order valence-corrected chi connectivity index (χ4v) is 2.65. The van der Waals surface area contributed by atoms with Crippen LogP contribution < -0.4 is 0 Å². The number of benzene rings is 1. The van der Waals surface area contributed by atoms with Crippen molar-refractivity contribution >= 4 is 21.6 Å². The Bertz CT molecular complexity index is 476. The van der Waals surface area contributed by atoms with Crippen LogP contribution in [0.3, 0.4) is 0 Å². The number of sulfonamides is 1. The summed E-state index contributed by atoms with van der Waals surface area (Å²) < 4.78 is 38.5. The van der Waals surface area contributed by atoms with E-state index in [1.54, 1.807) is 6.92 Å².